The fourth-order valence-corrected chi connectivity index (χ4v) is 4.41. The lowest BCUT2D eigenvalue weighted by atomic mass is 9.82. The predicted octanol–water partition coefficient (Wildman–Crippen LogP) is 3.91. The fraction of sp³-hybridized carbons (Fsp3) is 0.250. The van der Waals surface area contributed by atoms with E-state index in [1.165, 1.54) is 12.1 Å². The number of hydrogen-bond donors (Lipinski definition) is 1. The summed E-state index contributed by atoms with van der Waals surface area (Å²) in [5, 5.41) is 10.2. The molecular formula is C24H22ClFN4O2. The van der Waals surface area contributed by atoms with E-state index in [1.807, 2.05) is 0 Å². The molecule has 6 nitrogen and oxygen atoms in total. The van der Waals surface area contributed by atoms with Crippen LogP contribution >= 0.6 is 11.6 Å². The normalized spacial score (nSPS) is 19.0. The molecule has 0 spiro atoms. The van der Waals surface area contributed by atoms with Crippen LogP contribution in [0.25, 0.3) is 0 Å². The third kappa shape index (κ3) is 4.02. The number of halogens is 2. The van der Waals surface area contributed by atoms with Gasteiger partial charge in [0, 0.05) is 36.9 Å². The highest BCUT2D eigenvalue weighted by Crippen LogP contribution is 2.42. The van der Waals surface area contributed by atoms with Crippen molar-refractivity contribution in [2.45, 2.75) is 12.8 Å². The fourth-order valence-electron chi connectivity index (χ4n) is 4.17. The molecule has 0 bridgehead atoms. The van der Waals surface area contributed by atoms with Crippen LogP contribution in [0.2, 0.25) is 5.02 Å². The Hall–Kier alpha value is -3.50. The van der Waals surface area contributed by atoms with Gasteiger partial charge in [-0.1, -0.05) is 29.8 Å². The van der Waals surface area contributed by atoms with Gasteiger partial charge < -0.3 is 20.3 Å². The Morgan fingerprint density at radius 1 is 1.16 bits per heavy atom. The summed E-state index contributed by atoms with van der Waals surface area (Å²) >= 11 is 6.43. The van der Waals surface area contributed by atoms with Gasteiger partial charge in [-0.3, -0.25) is 4.79 Å². The smallest absolute Gasteiger partial charge is 0.254 e. The number of ether oxygens (including phenoxy) is 1. The molecule has 1 atom stereocenters. The van der Waals surface area contributed by atoms with Gasteiger partial charge in [0.1, 0.15) is 23.2 Å². The lowest BCUT2D eigenvalue weighted by molar-refractivity contribution is -0.128. The van der Waals surface area contributed by atoms with Crippen LogP contribution < -0.4 is 10.6 Å². The topological polar surface area (TPSA) is 82.6 Å². The minimum atomic E-state index is -0.704. The zero-order chi connectivity index (χ0) is 22.8. The molecule has 32 heavy (non-hydrogen) atoms. The van der Waals surface area contributed by atoms with E-state index >= 15 is 0 Å². The van der Waals surface area contributed by atoms with Crippen molar-refractivity contribution in [3.8, 4) is 6.07 Å². The van der Waals surface area contributed by atoms with Crippen molar-refractivity contribution in [3.63, 3.8) is 0 Å². The number of allylic oxidation sites excluding steroid dienone is 2. The Bertz CT molecular complexity index is 1150. The SMILES string of the molecule is CC1=C(C(=O)N2CCN(c3ccc(F)cc3)CC2)[C@@H](c2ccccc2Cl)C(C#N)=C(N)O1. The van der Waals surface area contributed by atoms with Gasteiger partial charge in [-0.05, 0) is 42.8 Å². The van der Waals surface area contributed by atoms with Crippen molar-refractivity contribution in [2.75, 3.05) is 31.1 Å². The molecule has 164 valence electrons. The minimum Gasteiger partial charge on any atom is -0.445 e. The highest BCUT2D eigenvalue weighted by atomic mass is 35.5. The first-order valence-electron chi connectivity index (χ1n) is 10.2. The van der Waals surface area contributed by atoms with Crippen molar-refractivity contribution >= 4 is 23.2 Å². The molecule has 0 aliphatic carbocycles. The van der Waals surface area contributed by atoms with Gasteiger partial charge >= 0.3 is 0 Å². The van der Waals surface area contributed by atoms with Crippen LogP contribution in [-0.2, 0) is 9.53 Å². The number of nitrogens with two attached hydrogens (primary N) is 1. The summed E-state index contributed by atoms with van der Waals surface area (Å²) in [7, 11) is 0. The summed E-state index contributed by atoms with van der Waals surface area (Å²) < 4.78 is 18.8. The van der Waals surface area contributed by atoms with Gasteiger partial charge in [-0.2, -0.15) is 5.26 Å². The van der Waals surface area contributed by atoms with E-state index in [9.17, 15) is 14.4 Å². The number of nitriles is 1. The zero-order valence-corrected chi connectivity index (χ0v) is 18.3. The quantitative estimate of drug-likeness (QED) is 0.763. The van der Waals surface area contributed by atoms with Crippen molar-refractivity contribution < 1.29 is 13.9 Å². The maximum Gasteiger partial charge on any atom is 0.254 e. The second-order valence-corrected chi connectivity index (χ2v) is 8.08. The second kappa shape index (κ2) is 8.93. The number of piperazine rings is 1. The first-order valence-corrected chi connectivity index (χ1v) is 10.6. The number of anilines is 1. The van der Waals surface area contributed by atoms with Crippen LogP contribution in [0.5, 0.6) is 0 Å². The van der Waals surface area contributed by atoms with Crippen molar-refractivity contribution in [2.24, 2.45) is 5.73 Å². The molecule has 0 saturated carbocycles. The van der Waals surface area contributed by atoms with Crippen LogP contribution in [0.15, 0.2) is 71.3 Å². The summed E-state index contributed by atoms with van der Waals surface area (Å²) in [6.45, 7) is 3.83. The number of amides is 1. The van der Waals surface area contributed by atoms with E-state index in [2.05, 4.69) is 11.0 Å². The molecule has 1 saturated heterocycles. The first-order chi connectivity index (χ1) is 15.4. The van der Waals surface area contributed by atoms with E-state index in [1.54, 1.807) is 48.2 Å². The van der Waals surface area contributed by atoms with E-state index < -0.39 is 5.92 Å². The van der Waals surface area contributed by atoms with E-state index in [4.69, 9.17) is 22.1 Å². The van der Waals surface area contributed by atoms with Gasteiger partial charge in [0.05, 0.1) is 11.5 Å². The third-order valence-electron chi connectivity index (χ3n) is 5.81. The maximum atomic E-state index is 13.6. The Labute approximate surface area is 190 Å². The van der Waals surface area contributed by atoms with Crippen LogP contribution in [0.4, 0.5) is 10.1 Å². The van der Waals surface area contributed by atoms with E-state index in [-0.39, 0.29) is 23.2 Å². The van der Waals surface area contributed by atoms with Crippen molar-refractivity contribution in [3.05, 3.63) is 87.7 Å². The molecule has 8 heteroatoms. The monoisotopic (exact) mass is 452 g/mol. The first kappa shape index (κ1) is 21.7. The zero-order valence-electron chi connectivity index (χ0n) is 17.5. The molecule has 0 radical (unpaired) electrons. The average Bonchev–Trinajstić information content (AvgIpc) is 2.79. The molecule has 1 amide bonds. The van der Waals surface area contributed by atoms with Crippen molar-refractivity contribution in [1.29, 1.82) is 5.26 Å². The molecule has 2 aromatic carbocycles. The Balaban J connectivity index is 1.60. The van der Waals surface area contributed by atoms with Crippen LogP contribution in [-0.4, -0.2) is 37.0 Å². The summed E-state index contributed by atoms with van der Waals surface area (Å²) in [5.41, 5.74) is 8.05. The van der Waals surface area contributed by atoms with Gasteiger partial charge in [0.2, 0.25) is 5.88 Å². The molecule has 2 aliphatic heterocycles. The number of carbonyl (C=O) groups is 1. The molecule has 2 heterocycles. The number of carbonyl (C=O) groups excluding carboxylic acids is 1. The van der Waals surface area contributed by atoms with Gasteiger partial charge in [0.15, 0.2) is 0 Å². The predicted molar refractivity (Wildman–Crippen MR) is 120 cm³/mol. The molecule has 4 rings (SSSR count). The second-order valence-electron chi connectivity index (χ2n) is 7.67. The largest absolute Gasteiger partial charge is 0.445 e. The lowest BCUT2D eigenvalue weighted by Crippen LogP contribution is -2.50. The molecule has 0 aromatic heterocycles. The number of rotatable bonds is 3. The minimum absolute atomic E-state index is 0.0207. The maximum absolute atomic E-state index is 13.6. The summed E-state index contributed by atoms with van der Waals surface area (Å²) in [6, 6.07) is 15.5. The Morgan fingerprint density at radius 3 is 2.44 bits per heavy atom. The lowest BCUT2D eigenvalue weighted by Gasteiger charge is -2.38. The Morgan fingerprint density at radius 2 is 1.81 bits per heavy atom. The highest BCUT2D eigenvalue weighted by Gasteiger charge is 2.38. The van der Waals surface area contributed by atoms with E-state index in [0.29, 0.717) is 48.1 Å². The number of hydrogen-bond acceptors (Lipinski definition) is 5. The van der Waals surface area contributed by atoms with Crippen LogP contribution in [0, 0.1) is 17.1 Å². The molecular weight excluding hydrogens is 431 g/mol. The number of benzene rings is 2. The Kier molecular flexibility index (Phi) is 6.06. The standard InChI is InChI=1S/C24H22ClFN4O2/c1-15-21(22(19(14-27)23(28)32-15)18-4-2-3-5-20(18)25)24(31)30-12-10-29(11-13-30)17-8-6-16(26)7-9-17/h2-9,22H,10-13,28H2,1H3/t22-/m0/s1. The van der Waals surface area contributed by atoms with Crippen LogP contribution in [0.3, 0.4) is 0 Å². The van der Waals surface area contributed by atoms with Gasteiger partial charge in [0.25, 0.3) is 5.91 Å². The molecule has 1 fully saturated rings. The summed E-state index contributed by atoms with van der Waals surface area (Å²) in [4.78, 5) is 17.5. The summed E-state index contributed by atoms with van der Waals surface area (Å²) in [5.74, 6) is -0.866. The van der Waals surface area contributed by atoms with E-state index in [0.717, 1.165) is 5.69 Å². The van der Waals surface area contributed by atoms with Crippen molar-refractivity contribution in [1.82, 2.24) is 4.90 Å². The molecule has 2 aliphatic rings. The number of nitrogens with zero attached hydrogens (tertiary/aromatic N) is 3. The molecule has 0 unspecified atom stereocenters. The van der Waals surface area contributed by atoms with Gasteiger partial charge in [-0.15, -0.1) is 0 Å². The van der Waals surface area contributed by atoms with Gasteiger partial charge in [-0.25, -0.2) is 4.39 Å². The molecule has 2 aromatic rings. The van der Waals surface area contributed by atoms with Crippen LogP contribution in [0.1, 0.15) is 18.4 Å². The molecule has 2 N–H and O–H groups in total. The average molecular weight is 453 g/mol. The third-order valence-corrected chi connectivity index (χ3v) is 6.16. The summed E-state index contributed by atoms with van der Waals surface area (Å²) in [6.07, 6.45) is 0. The highest BCUT2D eigenvalue weighted by molar-refractivity contribution is 6.31.